The van der Waals surface area contributed by atoms with Crippen molar-refractivity contribution < 1.29 is 7.65 Å². The molecule has 1 saturated carbocycles. The van der Waals surface area contributed by atoms with Crippen LogP contribution < -0.4 is 11.1 Å². The molecule has 23 heavy (non-hydrogen) atoms. The van der Waals surface area contributed by atoms with Crippen molar-refractivity contribution in [2.24, 2.45) is 28.0 Å². The maximum atomic E-state index is 11.1. The summed E-state index contributed by atoms with van der Waals surface area (Å²) in [5.74, 6) is 0.737. The Morgan fingerprint density at radius 2 is 2.26 bits per heavy atom. The molecule has 0 saturated heterocycles. The van der Waals surface area contributed by atoms with E-state index in [4.69, 9.17) is 5.73 Å². The van der Waals surface area contributed by atoms with Crippen molar-refractivity contribution in [3.63, 3.8) is 0 Å². The molecular formula is C19H27N3O. The first kappa shape index (κ1) is 15.5. The minimum absolute atomic E-state index is 0. The van der Waals surface area contributed by atoms with E-state index in [9.17, 15) is 4.79 Å². The lowest BCUT2D eigenvalue weighted by atomic mass is 9.79. The summed E-state index contributed by atoms with van der Waals surface area (Å²) in [7, 11) is 0. The number of aliphatic imine (C=N–C) groups is 1. The van der Waals surface area contributed by atoms with Crippen LogP contribution >= 0.6 is 0 Å². The Labute approximate surface area is 140 Å². The van der Waals surface area contributed by atoms with Crippen LogP contribution in [0.2, 0.25) is 0 Å². The molecule has 3 N–H and O–H groups in total. The minimum atomic E-state index is -0.211. The number of nitrogens with two attached hydrogens (primary N) is 1. The highest BCUT2D eigenvalue weighted by molar-refractivity contribution is 5.95. The lowest BCUT2D eigenvalue weighted by Crippen LogP contribution is -2.35. The number of hydrogen-bond donors (Lipinski definition) is 2. The van der Waals surface area contributed by atoms with Gasteiger partial charge in [0.15, 0.2) is 5.96 Å². The third kappa shape index (κ3) is 2.81. The monoisotopic (exact) mass is 313 g/mol. The van der Waals surface area contributed by atoms with E-state index in [0.29, 0.717) is 5.92 Å². The molecule has 4 heteroatoms. The van der Waals surface area contributed by atoms with Gasteiger partial charge in [0.2, 0.25) is 5.91 Å². The molecule has 2 atom stereocenters. The van der Waals surface area contributed by atoms with Gasteiger partial charge in [-0.05, 0) is 35.5 Å². The molecule has 1 amide bonds. The zero-order valence-corrected chi connectivity index (χ0v) is 13.8. The van der Waals surface area contributed by atoms with Gasteiger partial charge in [0, 0.05) is 20.9 Å². The summed E-state index contributed by atoms with van der Waals surface area (Å²) in [6.45, 7) is 5.58. The predicted molar refractivity (Wildman–Crippen MR) is 97.6 cm³/mol. The molecule has 0 aromatic rings. The zero-order chi connectivity index (χ0) is 16.6. The summed E-state index contributed by atoms with van der Waals surface area (Å²) >= 11 is 0. The fraction of sp³-hybridized carbons (Fsp3) is 0.368. The normalized spacial score (nSPS) is 28.8. The zero-order valence-electron chi connectivity index (χ0n) is 13.8. The van der Waals surface area contributed by atoms with E-state index < -0.39 is 0 Å². The van der Waals surface area contributed by atoms with E-state index in [2.05, 4.69) is 66.7 Å². The first-order valence-corrected chi connectivity index (χ1v) is 8.04. The Kier molecular flexibility index (Phi) is 3.84. The average Bonchev–Trinajstić information content (AvgIpc) is 3.20. The van der Waals surface area contributed by atoms with Crippen LogP contribution in [0.4, 0.5) is 0 Å². The molecule has 0 aromatic heterocycles. The molecule has 4 nitrogen and oxygen atoms in total. The number of hydrogen-bond acceptors (Lipinski definition) is 2. The van der Waals surface area contributed by atoms with E-state index in [-0.39, 0.29) is 26.1 Å². The summed E-state index contributed by atoms with van der Waals surface area (Å²) in [5, 5.41) is 2.53. The molecule has 3 aliphatic carbocycles. The summed E-state index contributed by atoms with van der Waals surface area (Å²) in [4.78, 5) is 15.5. The largest absolute Gasteiger partial charge is 0.369 e. The van der Waals surface area contributed by atoms with Crippen molar-refractivity contribution in [1.29, 1.82) is 0 Å². The molecular weight excluding hydrogens is 286 g/mol. The number of nitrogens with zero attached hydrogens (tertiary/aromatic N) is 1. The van der Waals surface area contributed by atoms with Gasteiger partial charge in [-0.25, -0.2) is 4.99 Å². The minimum Gasteiger partial charge on any atom is -0.369 e. The fourth-order valence-electron chi connectivity index (χ4n) is 3.41. The van der Waals surface area contributed by atoms with Gasteiger partial charge in [0.25, 0.3) is 0 Å². The quantitative estimate of drug-likeness (QED) is 0.619. The van der Waals surface area contributed by atoms with Gasteiger partial charge >= 0.3 is 0 Å². The smallest absolute Gasteiger partial charge is 0.223 e. The van der Waals surface area contributed by atoms with Crippen LogP contribution in [-0.2, 0) is 4.79 Å². The Hall–Kier alpha value is -2.36. The molecule has 124 valence electrons. The Bertz CT molecular complexity index is 729. The molecule has 3 rings (SSSR count). The summed E-state index contributed by atoms with van der Waals surface area (Å²) in [6.07, 6.45) is 16.4. The first-order chi connectivity index (χ1) is 10.9. The molecule has 3 aliphatic rings. The number of carbonyl (C=O) groups is 1. The van der Waals surface area contributed by atoms with Crippen LogP contribution in [0.1, 0.15) is 30.0 Å². The molecule has 1 fully saturated rings. The van der Waals surface area contributed by atoms with Gasteiger partial charge in [-0.1, -0.05) is 50.3 Å². The second-order valence-electron chi connectivity index (χ2n) is 6.67. The highest BCUT2D eigenvalue weighted by Crippen LogP contribution is 2.66. The average molecular weight is 313 g/mol. The van der Waals surface area contributed by atoms with Crippen LogP contribution in [0.25, 0.3) is 0 Å². The Balaban J connectivity index is 0.00000156. The van der Waals surface area contributed by atoms with Crippen molar-refractivity contribution in [2.75, 3.05) is 0 Å². The third-order valence-corrected chi connectivity index (χ3v) is 4.66. The Morgan fingerprint density at radius 1 is 1.48 bits per heavy atom. The van der Waals surface area contributed by atoms with Gasteiger partial charge in [-0.2, -0.15) is 0 Å². The fourth-order valence-corrected chi connectivity index (χ4v) is 3.41. The second-order valence-corrected chi connectivity index (χ2v) is 6.67. The highest BCUT2D eigenvalue weighted by Gasteiger charge is 2.57. The number of guanidine groups is 1. The summed E-state index contributed by atoms with van der Waals surface area (Å²) < 4.78 is 0. The third-order valence-electron chi connectivity index (χ3n) is 4.66. The molecule has 0 heterocycles. The van der Waals surface area contributed by atoms with Gasteiger partial charge in [-0.15, -0.1) is 0 Å². The number of allylic oxidation sites excluding steroid dienone is 10. The van der Waals surface area contributed by atoms with Crippen LogP contribution in [0.5, 0.6) is 0 Å². The molecule has 1 spiro atoms. The van der Waals surface area contributed by atoms with Crippen molar-refractivity contribution in [3.8, 4) is 0 Å². The second kappa shape index (κ2) is 5.69. The van der Waals surface area contributed by atoms with Gasteiger partial charge in [-0.3, -0.25) is 10.1 Å². The lowest BCUT2D eigenvalue weighted by Gasteiger charge is -2.25. The molecule has 2 unspecified atom stereocenters. The van der Waals surface area contributed by atoms with Gasteiger partial charge < -0.3 is 5.73 Å². The number of rotatable bonds is 3. The van der Waals surface area contributed by atoms with Crippen LogP contribution in [0.15, 0.2) is 64.4 Å². The summed E-state index contributed by atoms with van der Waals surface area (Å²) in [5.41, 5.74) is 9.48. The van der Waals surface area contributed by atoms with E-state index in [1.54, 1.807) is 0 Å². The van der Waals surface area contributed by atoms with E-state index in [1.165, 1.54) is 18.1 Å². The van der Waals surface area contributed by atoms with Crippen molar-refractivity contribution >= 4 is 11.9 Å². The number of amides is 1. The lowest BCUT2D eigenvalue weighted by molar-refractivity contribution is -0.117. The van der Waals surface area contributed by atoms with Crippen LogP contribution in [-0.4, -0.2) is 11.9 Å². The first-order valence-electron chi connectivity index (χ1n) is 8.04. The topological polar surface area (TPSA) is 67.5 Å². The highest BCUT2D eigenvalue weighted by atomic mass is 16.1. The Morgan fingerprint density at radius 3 is 2.96 bits per heavy atom. The summed E-state index contributed by atoms with van der Waals surface area (Å²) in [6, 6.07) is 0. The van der Waals surface area contributed by atoms with E-state index in [0.717, 1.165) is 12.1 Å². The van der Waals surface area contributed by atoms with Crippen molar-refractivity contribution in [2.45, 2.75) is 27.2 Å². The number of carbonyl (C=O) groups excluding carboxylic acids is 1. The van der Waals surface area contributed by atoms with E-state index in [1.807, 2.05) is 0 Å². The maximum Gasteiger partial charge on any atom is 0.223 e. The SMILES string of the molecule is CC(=O)NC(N)=N/C(=C/C1=CC=CC2=CC=CC3CC213)C(C)C.[HH].[HH]. The van der Waals surface area contributed by atoms with Gasteiger partial charge in [0.05, 0.1) is 0 Å². The van der Waals surface area contributed by atoms with Crippen LogP contribution in [0.3, 0.4) is 0 Å². The maximum absolute atomic E-state index is 11.1. The van der Waals surface area contributed by atoms with Crippen LogP contribution in [0, 0.1) is 17.3 Å². The van der Waals surface area contributed by atoms with E-state index >= 15 is 0 Å². The van der Waals surface area contributed by atoms with Gasteiger partial charge in [0.1, 0.15) is 0 Å². The predicted octanol–water partition coefficient (Wildman–Crippen LogP) is 3.47. The molecule has 0 bridgehead atoms. The molecule has 0 radical (unpaired) electrons. The standard InChI is InChI=1S/C19H23N3O.2H2/c1-12(2)17(22-18(20)21-13(3)23)10-15-8-4-6-14-7-5-9-16-11-19(14,15)16;;/h4-10,12,16H,11H2,1-3H3,(H3,20,21,22,23);2*1H/b17-10+;;. The van der Waals surface area contributed by atoms with Crippen molar-refractivity contribution in [3.05, 3.63) is 59.4 Å². The molecule has 0 aliphatic heterocycles. The molecule has 0 aromatic carbocycles. The van der Waals surface area contributed by atoms with Crippen molar-refractivity contribution in [1.82, 2.24) is 5.32 Å². The number of nitrogens with one attached hydrogen (secondary N) is 1.